The fourth-order valence-electron chi connectivity index (χ4n) is 3.04. The van der Waals surface area contributed by atoms with Crippen molar-refractivity contribution in [2.75, 3.05) is 0 Å². The molecule has 0 bridgehead atoms. The minimum atomic E-state index is -0.200. The van der Waals surface area contributed by atoms with Crippen LogP contribution in [-0.4, -0.2) is 20.4 Å². The average Bonchev–Trinajstić information content (AvgIpc) is 3.00. The van der Waals surface area contributed by atoms with Crippen LogP contribution >= 0.6 is 0 Å². The van der Waals surface area contributed by atoms with Crippen LogP contribution in [0.3, 0.4) is 0 Å². The van der Waals surface area contributed by atoms with Crippen molar-refractivity contribution >= 4 is 16.9 Å². The fraction of sp³-hybridized carbons (Fsp3) is 0.0952. The topological polar surface area (TPSA) is 79.8 Å². The number of nitrogens with zero attached hydrogens (tertiary/aromatic N) is 2. The van der Waals surface area contributed by atoms with Crippen LogP contribution in [0.25, 0.3) is 22.3 Å². The molecular weight excluding hydrogens is 340 g/mol. The number of rotatable bonds is 4. The van der Waals surface area contributed by atoms with Crippen molar-refractivity contribution < 1.29 is 4.79 Å². The van der Waals surface area contributed by atoms with Crippen LogP contribution in [0.15, 0.2) is 71.7 Å². The number of carbonyl (C=O) groups is 1. The van der Waals surface area contributed by atoms with Gasteiger partial charge in [-0.2, -0.15) is 0 Å². The van der Waals surface area contributed by atoms with Crippen LogP contribution in [-0.2, 0) is 13.6 Å². The van der Waals surface area contributed by atoms with Gasteiger partial charge in [0, 0.05) is 30.9 Å². The number of H-pyrrole nitrogens is 1. The van der Waals surface area contributed by atoms with E-state index in [1.54, 1.807) is 31.4 Å². The molecule has 6 heteroatoms. The third-order valence-electron chi connectivity index (χ3n) is 4.51. The van der Waals surface area contributed by atoms with Crippen molar-refractivity contribution in [2.45, 2.75) is 6.54 Å². The molecule has 0 fully saturated rings. The Kier molecular flexibility index (Phi) is 4.30. The quantitative estimate of drug-likeness (QED) is 0.589. The molecule has 0 atom stereocenters. The van der Waals surface area contributed by atoms with Gasteiger partial charge in [-0.05, 0) is 42.0 Å². The van der Waals surface area contributed by atoms with Gasteiger partial charge in [0.15, 0.2) is 0 Å². The van der Waals surface area contributed by atoms with Gasteiger partial charge in [-0.25, -0.2) is 4.79 Å². The van der Waals surface area contributed by atoms with E-state index in [2.05, 4.69) is 15.3 Å². The Hall–Kier alpha value is -3.67. The highest BCUT2D eigenvalue weighted by atomic mass is 16.2. The SMILES string of the molecule is Cn1c(=O)[nH]c2cc(C(=O)NCc3cccc(-c4ccccn4)c3)ccc21. The second-order valence-electron chi connectivity index (χ2n) is 6.32. The van der Waals surface area contributed by atoms with Gasteiger partial charge in [0.05, 0.1) is 16.7 Å². The summed E-state index contributed by atoms with van der Waals surface area (Å²) in [5.74, 6) is -0.190. The molecular formula is C21H18N4O2. The number of carbonyl (C=O) groups excluding carboxylic acids is 1. The third-order valence-corrected chi connectivity index (χ3v) is 4.51. The highest BCUT2D eigenvalue weighted by molar-refractivity contribution is 5.97. The van der Waals surface area contributed by atoms with Gasteiger partial charge < -0.3 is 10.3 Å². The lowest BCUT2D eigenvalue weighted by Crippen LogP contribution is -2.22. The zero-order chi connectivity index (χ0) is 18.8. The van der Waals surface area contributed by atoms with Gasteiger partial charge in [-0.15, -0.1) is 0 Å². The molecule has 4 aromatic rings. The molecule has 0 aliphatic rings. The second kappa shape index (κ2) is 6.92. The average molecular weight is 358 g/mol. The molecule has 0 radical (unpaired) electrons. The molecule has 27 heavy (non-hydrogen) atoms. The van der Waals surface area contributed by atoms with E-state index in [0.29, 0.717) is 17.6 Å². The monoisotopic (exact) mass is 358 g/mol. The standard InChI is InChI=1S/C21H18N4O2/c1-25-19-9-8-16(12-18(19)24-21(25)27)20(26)23-13-14-5-4-6-15(11-14)17-7-2-3-10-22-17/h2-12H,13H2,1H3,(H,23,26)(H,24,27). The van der Waals surface area contributed by atoms with Crippen LogP contribution in [0.5, 0.6) is 0 Å². The highest BCUT2D eigenvalue weighted by Gasteiger charge is 2.09. The van der Waals surface area contributed by atoms with E-state index in [1.165, 1.54) is 4.57 Å². The van der Waals surface area contributed by atoms with Crippen molar-refractivity contribution in [1.29, 1.82) is 0 Å². The van der Waals surface area contributed by atoms with Crippen LogP contribution in [0.2, 0.25) is 0 Å². The van der Waals surface area contributed by atoms with Gasteiger partial charge in [0.2, 0.25) is 0 Å². The summed E-state index contributed by atoms with van der Waals surface area (Å²) in [5.41, 5.74) is 4.60. The lowest BCUT2D eigenvalue weighted by molar-refractivity contribution is 0.0951. The molecule has 2 heterocycles. The molecule has 0 spiro atoms. The van der Waals surface area contributed by atoms with Gasteiger partial charge in [0.25, 0.3) is 5.91 Å². The first-order chi connectivity index (χ1) is 13.1. The van der Waals surface area contributed by atoms with Crippen molar-refractivity contribution in [3.05, 3.63) is 88.5 Å². The fourth-order valence-corrected chi connectivity index (χ4v) is 3.04. The van der Waals surface area contributed by atoms with Crippen molar-refractivity contribution in [2.24, 2.45) is 7.05 Å². The molecule has 1 amide bonds. The predicted molar refractivity (Wildman–Crippen MR) is 104 cm³/mol. The molecule has 0 aliphatic heterocycles. The Morgan fingerprint density at radius 2 is 2.00 bits per heavy atom. The van der Waals surface area contributed by atoms with E-state index in [4.69, 9.17) is 0 Å². The van der Waals surface area contributed by atoms with E-state index in [9.17, 15) is 9.59 Å². The Labute approximate surface area is 155 Å². The summed E-state index contributed by atoms with van der Waals surface area (Å²) in [4.78, 5) is 31.3. The van der Waals surface area contributed by atoms with Gasteiger partial charge in [-0.3, -0.25) is 14.3 Å². The van der Waals surface area contributed by atoms with E-state index >= 15 is 0 Å². The highest BCUT2D eigenvalue weighted by Crippen LogP contribution is 2.18. The number of hydrogen-bond donors (Lipinski definition) is 2. The largest absolute Gasteiger partial charge is 0.348 e. The summed E-state index contributed by atoms with van der Waals surface area (Å²) in [6.07, 6.45) is 1.76. The Balaban J connectivity index is 1.50. The number of aryl methyl sites for hydroxylation is 1. The Bertz CT molecular complexity index is 1180. The van der Waals surface area contributed by atoms with Gasteiger partial charge in [0.1, 0.15) is 0 Å². The molecule has 134 valence electrons. The van der Waals surface area contributed by atoms with Gasteiger partial charge >= 0.3 is 5.69 Å². The van der Waals surface area contributed by atoms with Crippen molar-refractivity contribution in [1.82, 2.24) is 19.9 Å². The Morgan fingerprint density at radius 3 is 2.81 bits per heavy atom. The Morgan fingerprint density at radius 1 is 1.11 bits per heavy atom. The maximum atomic E-state index is 12.5. The van der Waals surface area contributed by atoms with E-state index in [-0.39, 0.29) is 11.6 Å². The summed E-state index contributed by atoms with van der Waals surface area (Å²) >= 11 is 0. The maximum Gasteiger partial charge on any atom is 0.326 e. The predicted octanol–water partition coefficient (Wildman–Crippen LogP) is 2.86. The summed E-state index contributed by atoms with van der Waals surface area (Å²) in [6.45, 7) is 0.406. The van der Waals surface area contributed by atoms with Gasteiger partial charge in [-0.1, -0.05) is 24.3 Å². The molecule has 0 unspecified atom stereocenters. The number of imidazole rings is 1. The summed E-state index contributed by atoms with van der Waals surface area (Å²) in [6, 6.07) is 18.9. The molecule has 6 nitrogen and oxygen atoms in total. The number of nitrogens with one attached hydrogen (secondary N) is 2. The first kappa shape index (κ1) is 16.8. The number of aromatic amines is 1. The van der Waals surface area contributed by atoms with E-state index < -0.39 is 0 Å². The maximum absolute atomic E-state index is 12.5. The number of fused-ring (bicyclic) bond motifs is 1. The van der Waals surface area contributed by atoms with Crippen molar-refractivity contribution in [3.8, 4) is 11.3 Å². The zero-order valence-corrected chi connectivity index (χ0v) is 14.8. The minimum Gasteiger partial charge on any atom is -0.348 e. The minimum absolute atomic E-state index is 0.190. The number of aromatic nitrogens is 3. The number of hydrogen-bond acceptors (Lipinski definition) is 3. The van der Waals surface area contributed by atoms with Crippen LogP contribution < -0.4 is 11.0 Å². The van der Waals surface area contributed by atoms with E-state index in [1.807, 2.05) is 42.5 Å². The molecule has 4 rings (SSSR count). The molecule has 2 aromatic carbocycles. The summed E-state index contributed by atoms with van der Waals surface area (Å²) in [5, 5.41) is 2.92. The first-order valence-corrected chi connectivity index (χ1v) is 8.59. The zero-order valence-electron chi connectivity index (χ0n) is 14.8. The number of benzene rings is 2. The molecule has 2 aromatic heterocycles. The second-order valence-corrected chi connectivity index (χ2v) is 6.32. The molecule has 2 N–H and O–H groups in total. The van der Waals surface area contributed by atoms with Crippen LogP contribution in [0, 0.1) is 0 Å². The first-order valence-electron chi connectivity index (χ1n) is 8.59. The molecule has 0 saturated heterocycles. The van der Waals surface area contributed by atoms with Crippen LogP contribution in [0.1, 0.15) is 15.9 Å². The smallest absolute Gasteiger partial charge is 0.326 e. The third kappa shape index (κ3) is 3.37. The summed E-state index contributed by atoms with van der Waals surface area (Å²) < 4.78 is 1.51. The summed E-state index contributed by atoms with van der Waals surface area (Å²) in [7, 11) is 1.69. The normalized spacial score (nSPS) is 10.9. The molecule has 0 aliphatic carbocycles. The lowest BCUT2D eigenvalue weighted by atomic mass is 10.1. The lowest BCUT2D eigenvalue weighted by Gasteiger charge is -2.08. The molecule has 0 saturated carbocycles. The van der Waals surface area contributed by atoms with E-state index in [0.717, 1.165) is 22.3 Å². The van der Waals surface area contributed by atoms with Crippen molar-refractivity contribution in [3.63, 3.8) is 0 Å². The van der Waals surface area contributed by atoms with Crippen LogP contribution in [0.4, 0.5) is 0 Å². The number of amides is 1. The number of pyridine rings is 1.